The van der Waals surface area contributed by atoms with Gasteiger partial charge in [0.25, 0.3) is 5.91 Å². The minimum atomic E-state index is -0.102. The third-order valence-electron chi connectivity index (χ3n) is 6.64. The fourth-order valence-corrected chi connectivity index (χ4v) is 5.69. The van der Waals surface area contributed by atoms with Crippen LogP contribution in [0.5, 0.6) is 5.75 Å². The molecular weight excluding hydrogens is 452 g/mol. The molecule has 174 valence electrons. The van der Waals surface area contributed by atoms with E-state index in [9.17, 15) is 4.79 Å². The molecule has 1 aliphatic heterocycles. The first-order chi connectivity index (χ1) is 16.0. The molecule has 3 aromatic rings. The zero-order valence-electron chi connectivity index (χ0n) is 19.2. The van der Waals surface area contributed by atoms with Crippen molar-refractivity contribution in [3.8, 4) is 5.75 Å². The summed E-state index contributed by atoms with van der Waals surface area (Å²) in [6, 6.07) is 22.3. The lowest BCUT2D eigenvalue weighted by Gasteiger charge is -2.46. The number of nitrogens with zero attached hydrogens (tertiary/aromatic N) is 2. The van der Waals surface area contributed by atoms with Gasteiger partial charge in [0.05, 0.1) is 0 Å². The minimum absolute atomic E-state index is 0.0432. The normalized spacial score (nSPS) is 16.5. The third kappa shape index (κ3) is 5.26. The first-order valence-electron chi connectivity index (χ1n) is 11.4. The number of carbonyl (C=O) groups excluding carboxylic acids is 1. The Morgan fingerprint density at radius 2 is 1.85 bits per heavy atom. The van der Waals surface area contributed by atoms with Crippen molar-refractivity contribution in [3.05, 3.63) is 88.1 Å². The van der Waals surface area contributed by atoms with Gasteiger partial charge >= 0.3 is 0 Å². The van der Waals surface area contributed by atoms with Crippen molar-refractivity contribution in [1.82, 2.24) is 9.80 Å². The maximum absolute atomic E-state index is 13.3. The number of amides is 1. The highest BCUT2D eigenvalue weighted by atomic mass is 35.5. The van der Waals surface area contributed by atoms with Gasteiger partial charge in [0, 0.05) is 41.4 Å². The first-order valence-corrected chi connectivity index (χ1v) is 12.8. The van der Waals surface area contributed by atoms with Gasteiger partial charge in [-0.25, -0.2) is 0 Å². The quantitative estimate of drug-likeness (QED) is 0.359. The second-order valence-electron chi connectivity index (χ2n) is 8.71. The molecule has 4 nitrogen and oxygen atoms in total. The van der Waals surface area contributed by atoms with Crippen LogP contribution in [0.1, 0.15) is 46.2 Å². The summed E-state index contributed by atoms with van der Waals surface area (Å²) in [4.78, 5) is 18.8. The number of carbonyl (C=O) groups is 1. The number of rotatable bonds is 8. The van der Waals surface area contributed by atoms with E-state index in [2.05, 4.69) is 55.4 Å². The van der Waals surface area contributed by atoms with E-state index in [0.29, 0.717) is 17.2 Å². The molecule has 1 atom stereocenters. The van der Waals surface area contributed by atoms with Crippen LogP contribution in [-0.2, 0) is 5.54 Å². The number of hydrogen-bond acceptors (Lipinski definition) is 4. The van der Waals surface area contributed by atoms with Crippen LogP contribution >= 0.6 is 22.9 Å². The molecule has 33 heavy (non-hydrogen) atoms. The number of halogens is 1. The van der Waals surface area contributed by atoms with E-state index in [1.807, 2.05) is 40.6 Å². The Morgan fingerprint density at radius 3 is 2.48 bits per heavy atom. The van der Waals surface area contributed by atoms with Crippen LogP contribution in [0.2, 0.25) is 0 Å². The molecule has 0 aliphatic carbocycles. The molecule has 1 unspecified atom stereocenters. The average Bonchev–Trinajstić information content (AvgIpc) is 3.39. The molecule has 1 fully saturated rings. The van der Waals surface area contributed by atoms with Crippen LogP contribution in [-0.4, -0.2) is 48.8 Å². The largest absolute Gasteiger partial charge is 0.485 e. The summed E-state index contributed by atoms with van der Waals surface area (Å²) in [5.74, 6) is 1.28. The van der Waals surface area contributed by atoms with Crippen molar-refractivity contribution < 1.29 is 9.53 Å². The number of piperidine rings is 1. The Balaban J connectivity index is 1.46. The maximum atomic E-state index is 13.3. The van der Waals surface area contributed by atoms with Crippen molar-refractivity contribution in [2.24, 2.45) is 0 Å². The van der Waals surface area contributed by atoms with Gasteiger partial charge in [-0.1, -0.05) is 42.5 Å². The van der Waals surface area contributed by atoms with E-state index in [0.717, 1.165) is 37.2 Å². The molecule has 2 heterocycles. The van der Waals surface area contributed by atoms with Crippen LogP contribution in [0.3, 0.4) is 0 Å². The number of benzene rings is 2. The number of thiophene rings is 1. The Hall–Kier alpha value is -2.34. The SMILES string of the molecule is CN(C)C1(c2ccccc2)CCN(C(=O)c2cccc(OC(CCCl)c3cccs3)c2)CC1. The zero-order valence-corrected chi connectivity index (χ0v) is 20.8. The summed E-state index contributed by atoms with van der Waals surface area (Å²) in [5.41, 5.74) is 1.94. The predicted molar refractivity (Wildman–Crippen MR) is 136 cm³/mol. The van der Waals surface area contributed by atoms with Gasteiger partial charge in [0.2, 0.25) is 0 Å². The monoisotopic (exact) mass is 482 g/mol. The molecule has 0 saturated carbocycles. The smallest absolute Gasteiger partial charge is 0.253 e. The molecule has 0 spiro atoms. The Bertz CT molecular complexity index is 1030. The average molecular weight is 483 g/mol. The molecule has 1 aliphatic rings. The van der Waals surface area contributed by atoms with Gasteiger partial charge in [0.1, 0.15) is 11.9 Å². The van der Waals surface area contributed by atoms with Gasteiger partial charge in [-0.2, -0.15) is 0 Å². The number of hydrogen-bond donors (Lipinski definition) is 0. The predicted octanol–water partition coefficient (Wildman–Crippen LogP) is 6.19. The van der Waals surface area contributed by atoms with Gasteiger partial charge in [0.15, 0.2) is 0 Å². The highest BCUT2D eigenvalue weighted by Crippen LogP contribution is 2.38. The van der Waals surface area contributed by atoms with Crippen LogP contribution < -0.4 is 4.74 Å². The van der Waals surface area contributed by atoms with E-state index in [1.54, 1.807) is 11.3 Å². The topological polar surface area (TPSA) is 32.8 Å². The molecule has 1 aromatic heterocycles. The summed E-state index contributed by atoms with van der Waals surface area (Å²) in [6.07, 6.45) is 2.43. The Kier molecular flexibility index (Phi) is 7.74. The highest BCUT2D eigenvalue weighted by Gasteiger charge is 2.39. The molecule has 1 amide bonds. The van der Waals surface area contributed by atoms with Crippen molar-refractivity contribution in [2.45, 2.75) is 30.9 Å². The molecule has 0 N–H and O–H groups in total. The summed E-state index contributed by atoms with van der Waals surface area (Å²) in [5, 5.41) is 2.04. The van der Waals surface area contributed by atoms with Crippen LogP contribution in [0, 0.1) is 0 Å². The Labute approximate surface area is 205 Å². The molecule has 1 saturated heterocycles. The van der Waals surface area contributed by atoms with E-state index < -0.39 is 0 Å². The molecule has 6 heteroatoms. The van der Waals surface area contributed by atoms with Gasteiger partial charge in [-0.05, 0) is 62.1 Å². The van der Waals surface area contributed by atoms with Crippen molar-refractivity contribution in [2.75, 3.05) is 33.1 Å². The van der Waals surface area contributed by atoms with Gasteiger partial charge in [-0.15, -0.1) is 22.9 Å². The summed E-state index contributed by atoms with van der Waals surface area (Å²) >= 11 is 7.67. The van der Waals surface area contributed by atoms with Crippen molar-refractivity contribution in [3.63, 3.8) is 0 Å². The minimum Gasteiger partial charge on any atom is -0.485 e. The molecular formula is C27H31ClN2O2S. The van der Waals surface area contributed by atoms with Gasteiger partial charge < -0.3 is 9.64 Å². The van der Waals surface area contributed by atoms with Crippen LogP contribution in [0.4, 0.5) is 0 Å². The number of ether oxygens (including phenoxy) is 1. The second-order valence-corrected chi connectivity index (χ2v) is 10.1. The summed E-state index contributed by atoms with van der Waals surface area (Å²) in [7, 11) is 4.27. The highest BCUT2D eigenvalue weighted by molar-refractivity contribution is 7.10. The van der Waals surface area contributed by atoms with E-state index in [1.165, 1.54) is 5.56 Å². The zero-order chi connectivity index (χ0) is 23.3. The summed E-state index contributed by atoms with van der Waals surface area (Å²) < 4.78 is 6.25. The lowest BCUT2D eigenvalue weighted by Crippen LogP contribution is -2.51. The van der Waals surface area contributed by atoms with E-state index >= 15 is 0 Å². The van der Waals surface area contributed by atoms with Crippen LogP contribution in [0.15, 0.2) is 72.1 Å². The summed E-state index contributed by atoms with van der Waals surface area (Å²) in [6.45, 7) is 1.45. The number of alkyl halides is 1. The standard InChI is InChI=1S/C27H31ClN2O2S/c1-29(2)27(22-9-4-3-5-10-22)14-17-30(18-15-27)26(31)21-8-6-11-23(20-21)32-24(13-16-28)25-12-7-19-33-25/h3-12,19-20,24H,13-18H2,1-2H3. The van der Waals surface area contributed by atoms with Gasteiger partial charge in [-0.3, -0.25) is 9.69 Å². The molecule has 0 radical (unpaired) electrons. The van der Waals surface area contributed by atoms with E-state index in [4.69, 9.17) is 16.3 Å². The fourth-order valence-electron chi connectivity index (χ4n) is 4.70. The first kappa shape index (κ1) is 23.8. The van der Waals surface area contributed by atoms with Crippen molar-refractivity contribution >= 4 is 28.8 Å². The van der Waals surface area contributed by atoms with Crippen molar-refractivity contribution in [1.29, 1.82) is 0 Å². The molecule has 4 rings (SSSR count). The molecule has 2 aromatic carbocycles. The van der Waals surface area contributed by atoms with Crippen LogP contribution in [0.25, 0.3) is 0 Å². The fraction of sp³-hybridized carbons (Fsp3) is 0.370. The van der Waals surface area contributed by atoms with E-state index in [-0.39, 0.29) is 17.6 Å². The lowest BCUT2D eigenvalue weighted by molar-refractivity contribution is 0.0411. The molecule has 0 bridgehead atoms. The Morgan fingerprint density at radius 1 is 1.09 bits per heavy atom. The maximum Gasteiger partial charge on any atom is 0.253 e. The lowest BCUT2D eigenvalue weighted by atomic mass is 9.79. The number of likely N-dealkylation sites (tertiary alicyclic amines) is 1. The second kappa shape index (κ2) is 10.7. The third-order valence-corrected chi connectivity index (χ3v) is 7.82.